The highest BCUT2D eigenvalue weighted by molar-refractivity contribution is 5.40. The summed E-state index contributed by atoms with van der Waals surface area (Å²) in [7, 11) is 0. The molecule has 1 aliphatic rings. The van der Waals surface area contributed by atoms with Gasteiger partial charge >= 0.3 is 0 Å². The Hall–Kier alpha value is -1.09. The van der Waals surface area contributed by atoms with Gasteiger partial charge in [0.1, 0.15) is 5.82 Å². The van der Waals surface area contributed by atoms with Crippen molar-refractivity contribution in [2.45, 2.75) is 46.1 Å². The fourth-order valence-corrected chi connectivity index (χ4v) is 3.02. The molecule has 0 aromatic carbocycles. The number of nitrogens with zero attached hydrogens (tertiary/aromatic N) is 2. The van der Waals surface area contributed by atoms with Crippen molar-refractivity contribution in [3.63, 3.8) is 0 Å². The number of nitrogens with two attached hydrogens (primary N) is 1. The topological polar surface area (TPSA) is 42.1 Å². The van der Waals surface area contributed by atoms with Crippen LogP contribution in [0.3, 0.4) is 0 Å². The molecule has 0 bridgehead atoms. The Morgan fingerprint density at radius 3 is 2.53 bits per heavy atom. The Bertz CT molecular complexity index is 377. The Labute approximate surface area is 117 Å². The molecule has 3 unspecified atom stereocenters. The molecule has 0 aliphatic carbocycles. The third-order valence-corrected chi connectivity index (χ3v) is 4.02. The minimum atomic E-state index is 0.252. The smallest absolute Gasteiger partial charge is 0.128 e. The SMILES string of the molecule is CCC(N)Cc1ccc(N2CC(C)CC(C)C2)nc1. The maximum atomic E-state index is 5.98. The van der Waals surface area contributed by atoms with Gasteiger partial charge in [0.15, 0.2) is 0 Å². The predicted octanol–water partition coefficient (Wildman–Crippen LogP) is 2.84. The molecule has 1 saturated heterocycles. The number of piperidine rings is 1. The van der Waals surface area contributed by atoms with E-state index < -0.39 is 0 Å². The third kappa shape index (κ3) is 3.93. The van der Waals surface area contributed by atoms with Crippen LogP contribution >= 0.6 is 0 Å². The summed E-state index contributed by atoms with van der Waals surface area (Å²) in [6, 6.07) is 4.59. The highest BCUT2D eigenvalue weighted by Crippen LogP contribution is 2.25. The van der Waals surface area contributed by atoms with Crippen molar-refractivity contribution in [3.05, 3.63) is 23.9 Å². The van der Waals surface area contributed by atoms with E-state index in [4.69, 9.17) is 5.73 Å². The van der Waals surface area contributed by atoms with Crippen LogP contribution in [-0.4, -0.2) is 24.1 Å². The zero-order chi connectivity index (χ0) is 13.8. The Morgan fingerprint density at radius 2 is 2.00 bits per heavy atom. The molecule has 2 heterocycles. The van der Waals surface area contributed by atoms with E-state index in [0.29, 0.717) is 0 Å². The molecule has 3 atom stereocenters. The first kappa shape index (κ1) is 14.3. The lowest BCUT2D eigenvalue weighted by Gasteiger charge is -2.35. The van der Waals surface area contributed by atoms with Crippen LogP contribution < -0.4 is 10.6 Å². The van der Waals surface area contributed by atoms with E-state index in [-0.39, 0.29) is 6.04 Å². The second kappa shape index (κ2) is 6.38. The third-order valence-electron chi connectivity index (χ3n) is 4.02. The highest BCUT2D eigenvalue weighted by Gasteiger charge is 2.22. The van der Waals surface area contributed by atoms with Gasteiger partial charge in [-0.25, -0.2) is 4.98 Å². The summed E-state index contributed by atoms with van der Waals surface area (Å²) in [5.74, 6) is 2.64. The van der Waals surface area contributed by atoms with E-state index in [1.165, 1.54) is 12.0 Å². The molecule has 3 heteroatoms. The maximum absolute atomic E-state index is 5.98. The lowest BCUT2D eigenvalue weighted by molar-refractivity contribution is 0.355. The number of pyridine rings is 1. The van der Waals surface area contributed by atoms with Gasteiger partial charge in [-0.15, -0.1) is 0 Å². The summed E-state index contributed by atoms with van der Waals surface area (Å²) < 4.78 is 0. The first-order valence-electron chi connectivity index (χ1n) is 7.54. The zero-order valence-corrected chi connectivity index (χ0v) is 12.5. The Morgan fingerprint density at radius 1 is 1.32 bits per heavy atom. The van der Waals surface area contributed by atoms with Crippen LogP contribution in [-0.2, 0) is 6.42 Å². The highest BCUT2D eigenvalue weighted by atomic mass is 15.2. The van der Waals surface area contributed by atoms with Crippen molar-refractivity contribution in [3.8, 4) is 0 Å². The van der Waals surface area contributed by atoms with Crippen molar-refractivity contribution in [1.82, 2.24) is 4.98 Å². The number of aromatic nitrogens is 1. The molecular formula is C16H27N3. The number of hydrogen-bond acceptors (Lipinski definition) is 3. The zero-order valence-electron chi connectivity index (χ0n) is 12.5. The summed E-state index contributed by atoms with van der Waals surface area (Å²) in [5.41, 5.74) is 7.23. The average Bonchev–Trinajstić information content (AvgIpc) is 2.38. The molecule has 1 aliphatic heterocycles. The van der Waals surface area contributed by atoms with E-state index in [1.54, 1.807) is 0 Å². The minimum Gasteiger partial charge on any atom is -0.356 e. The molecule has 0 amide bonds. The van der Waals surface area contributed by atoms with Crippen LogP contribution in [0.5, 0.6) is 0 Å². The molecule has 3 nitrogen and oxygen atoms in total. The molecule has 1 fully saturated rings. The van der Waals surface area contributed by atoms with E-state index in [9.17, 15) is 0 Å². The number of anilines is 1. The van der Waals surface area contributed by atoms with Crippen LogP contribution in [0.1, 0.15) is 39.2 Å². The summed E-state index contributed by atoms with van der Waals surface area (Å²) >= 11 is 0. The van der Waals surface area contributed by atoms with E-state index in [1.807, 2.05) is 6.20 Å². The molecule has 1 aromatic heterocycles. The quantitative estimate of drug-likeness (QED) is 0.906. The molecule has 106 valence electrons. The molecule has 1 aromatic rings. The standard InChI is InChI=1S/C16H27N3/c1-4-15(17)8-14-5-6-16(18-9-14)19-10-12(2)7-13(3)11-19/h5-6,9,12-13,15H,4,7-8,10-11,17H2,1-3H3. The molecule has 19 heavy (non-hydrogen) atoms. The largest absolute Gasteiger partial charge is 0.356 e. The first-order chi connectivity index (χ1) is 9.08. The average molecular weight is 261 g/mol. The van der Waals surface area contributed by atoms with Crippen LogP contribution in [0.4, 0.5) is 5.82 Å². The van der Waals surface area contributed by atoms with Gasteiger partial charge in [-0.3, -0.25) is 0 Å². The second-order valence-corrected chi connectivity index (χ2v) is 6.25. The van der Waals surface area contributed by atoms with Gasteiger partial charge in [0.2, 0.25) is 0 Å². The Balaban J connectivity index is 2.01. The molecular weight excluding hydrogens is 234 g/mol. The van der Waals surface area contributed by atoms with Crippen molar-refractivity contribution >= 4 is 5.82 Å². The van der Waals surface area contributed by atoms with Crippen LogP contribution in [0.2, 0.25) is 0 Å². The van der Waals surface area contributed by atoms with E-state index in [2.05, 4.69) is 42.8 Å². The minimum absolute atomic E-state index is 0.252. The lowest BCUT2D eigenvalue weighted by atomic mass is 9.92. The summed E-state index contributed by atoms with van der Waals surface area (Å²) in [6.45, 7) is 9.05. The number of rotatable bonds is 4. The fourth-order valence-electron chi connectivity index (χ4n) is 3.02. The van der Waals surface area contributed by atoms with Crippen LogP contribution in [0.15, 0.2) is 18.3 Å². The second-order valence-electron chi connectivity index (χ2n) is 6.25. The van der Waals surface area contributed by atoms with Gasteiger partial charge in [-0.2, -0.15) is 0 Å². The summed E-state index contributed by atoms with van der Waals surface area (Å²) in [4.78, 5) is 7.05. The van der Waals surface area contributed by atoms with Gasteiger partial charge < -0.3 is 10.6 Å². The van der Waals surface area contributed by atoms with Crippen LogP contribution in [0, 0.1) is 11.8 Å². The van der Waals surface area contributed by atoms with Crippen molar-refractivity contribution in [2.75, 3.05) is 18.0 Å². The first-order valence-corrected chi connectivity index (χ1v) is 7.54. The summed E-state index contributed by atoms with van der Waals surface area (Å²) in [6.07, 6.45) is 5.27. The van der Waals surface area contributed by atoms with Gasteiger partial charge in [-0.05, 0) is 42.7 Å². The van der Waals surface area contributed by atoms with Gasteiger partial charge in [0.05, 0.1) is 0 Å². The molecule has 0 spiro atoms. The number of hydrogen-bond donors (Lipinski definition) is 1. The van der Waals surface area contributed by atoms with Crippen LogP contribution in [0.25, 0.3) is 0 Å². The Kier molecular flexibility index (Phi) is 4.81. The van der Waals surface area contributed by atoms with E-state index in [0.717, 1.165) is 43.6 Å². The molecule has 0 saturated carbocycles. The maximum Gasteiger partial charge on any atom is 0.128 e. The van der Waals surface area contributed by atoms with E-state index >= 15 is 0 Å². The molecule has 0 radical (unpaired) electrons. The summed E-state index contributed by atoms with van der Waals surface area (Å²) in [5, 5.41) is 0. The molecule has 2 N–H and O–H groups in total. The lowest BCUT2D eigenvalue weighted by Crippen LogP contribution is -2.39. The van der Waals surface area contributed by atoms with Gasteiger partial charge in [0.25, 0.3) is 0 Å². The van der Waals surface area contributed by atoms with Gasteiger partial charge in [0, 0.05) is 25.3 Å². The van der Waals surface area contributed by atoms with Gasteiger partial charge in [-0.1, -0.05) is 26.8 Å². The van der Waals surface area contributed by atoms with Crippen molar-refractivity contribution in [2.24, 2.45) is 17.6 Å². The normalized spacial score (nSPS) is 25.4. The van der Waals surface area contributed by atoms with Crippen molar-refractivity contribution < 1.29 is 0 Å². The monoisotopic (exact) mass is 261 g/mol. The fraction of sp³-hybridized carbons (Fsp3) is 0.688. The van der Waals surface area contributed by atoms with Crippen molar-refractivity contribution in [1.29, 1.82) is 0 Å². The predicted molar refractivity (Wildman–Crippen MR) is 81.4 cm³/mol. The molecule has 2 rings (SSSR count).